The van der Waals surface area contributed by atoms with Gasteiger partial charge in [0.1, 0.15) is 5.56 Å². The number of methoxy groups -OCH3 is 1. The zero-order chi connectivity index (χ0) is 15.9. The number of carbonyl (C=O) groups is 1. The lowest BCUT2D eigenvalue weighted by Gasteiger charge is -2.14. The zero-order valence-electron chi connectivity index (χ0n) is 12.8. The van der Waals surface area contributed by atoms with Crippen LogP contribution in [0.1, 0.15) is 34.0 Å². The van der Waals surface area contributed by atoms with Crippen molar-refractivity contribution < 1.29 is 14.6 Å². The molecule has 0 aliphatic rings. The molecule has 0 unspecified atom stereocenters. The number of ether oxygens (including phenoxy) is 1. The number of carbonyl (C=O) groups excluding carboxylic acids is 1. The van der Waals surface area contributed by atoms with Gasteiger partial charge in [-0.3, -0.25) is 9.48 Å². The number of nitrogens with one attached hydrogen (secondary N) is 1. The smallest absolute Gasteiger partial charge is 0.258 e. The van der Waals surface area contributed by atoms with Crippen LogP contribution >= 0.6 is 11.3 Å². The SMILES string of the molecule is COc1nn(C)cc1C(=O)NCC[C@H](CCO)c1cccs1. The van der Waals surface area contributed by atoms with Crippen molar-refractivity contribution in [2.24, 2.45) is 7.05 Å². The minimum Gasteiger partial charge on any atom is -0.479 e. The van der Waals surface area contributed by atoms with Crippen LogP contribution in [0.25, 0.3) is 0 Å². The largest absolute Gasteiger partial charge is 0.479 e. The van der Waals surface area contributed by atoms with Gasteiger partial charge in [0.2, 0.25) is 5.88 Å². The highest BCUT2D eigenvalue weighted by Gasteiger charge is 2.17. The molecule has 120 valence electrons. The Labute approximate surface area is 133 Å². The predicted molar refractivity (Wildman–Crippen MR) is 85.5 cm³/mol. The summed E-state index contributed by atoms with van der Waals surface area (Å²) < 4.78 is 6.64. The summed E-state index contributed by atoms with van der Waals surface area (Å²) >= 11 is 1.68. The van der Waals surface area contributed by atoms with Gasteiger partial charge >= 0.3 is 0 Å². The summed E-state index contributed by atoms with van der Waals surface area (Å²) in [5.74, 6) is 0.394. The standard InChI is InChI=1S/C15H21N3O3S/c1-18-10-12(15(17-18)21-2)14(20)16-7-5-11(6-8-19)13-4-3-9-22-13/h3-4,9-11,19H,5-8H2,1-2H3,(H,16,20)/t11-/m1/s1. The Morgan fingerprint density at radius 2 is 2.36 bits per heavy atom. The summed E-state index contributed by atoms with van der Waals surface area (Å²) in [5.41, 5.74) is 0.430. The van der Waals surface area contributed by atoms with Crippen molar-refractivity contribution in [2.45, 2.75) is 18.8 Å². The van der Waals surface area contributed by atoms with E-state index in [-0.39, 0.29) is 18.4 Å². The number of aryl methyl sites for hydroxylation is 1. The molecule has 0 fully saturated rings. The van der Waals surface area contributed by atoms with Gasteiger partial charge in [0.25, 0.3) is 5.91 Å². The Bertz CT molecular complexity index is 595. The fourth-order valence-corrected chi connectivity index (χ4v) is 3.24. The van der Waals surface area contributed by atoms with Crippen LogP contribution in [0.2, 0.25) is 0 Å². The molecule has 0 spiro atoms. The Kier molecular flexibility index (Phi) is 5.97. The Balaban J connectivity index is 1.90. The van der Waals surface area contributed by atoms with Crippen LogP contribution in [0.4, 0.5) is 0 Å². The van der Waals surface area contributed by atoms with Crippen LogP contribution in [0.5, 0.6) is 5.88 Å². The van der Waals surface area contributed by atoms with E-state index in [1.807, 2.05) is 11.4 Å². The number of thiophene rings is 1. The van der Waals surface area contributed by atoms with Gasteiger partial charge in [-0.25, -0.2) is 0 Å². The number of amides is 1. The second-order valence-corrected chi connectivity index (χ2v) is 5.97. The van der Waals surface area contributed by atoms with E-state index >= 15 is 0 Å². The number of hydrogen-bond acceptors (Lipinski definition) is 5. The van der Waals surface area contributed by atoms with E-state index in [1.165, 1.54) is 12.0 Å². The summed E-state index contributed by atoms with van der Waals surface area (Å²) in [5, 5.41) is 18.2. The minimum atomic E-state index is -0.195. The van der Waals surface area contributed by atoms with Crippen LogP contribution in [-0.2, 0) is 7.05 Å². The highest BCUT2D eigenvalue weighted by Crippen LogP contribution is 2.27. The first-order valence-electron chi connectivity index (χ1n) is 7.15. The number of aromatic nitrogens is 2. The van der Waals surface area contributed by atoms with E-state index in [0.717, 1.165) is 6.42 Å². The first-order valence-corrected chi connectivity index (χ1v) is 8.03. The van der Waals surface area contributed by atoms with Gasteiger partial charge in [0, 0.05) is 31.3 Å². The normalized spacial score (nSPS) is 12.1. The van der Waals surface area contributed by atoms with Crippen LogP contribution in [0.3, 0.4) is 0 Å². The molecule has 0 aliphatic heterocycles. The van der Waals surface area contributed by atoms with E-state index in [4.69, 9.17) is 4.74 Å². The quantitative estimate of drug-likeness (QED) is 0.776. The molecule has 1 amide bonds. The molecular formula is C15H21N3O3S. The fourth-order valence-electron chi connectivity index (χ4n) is 2.34. The molecule has 0 aliphatic carbocycles. The highest BCUT2D eigenvalue weighted by molar-refractivity contribution is 7.10. The molecule has 0 bridgehead atoms. The maximum absolute atomic E-state index is 12.2. The van der Waals surface area contributed by atoms with E-state index in [9.17, 15) is 9.90 Å². The van der Waals surface area contributed by atoms with Crippen LogP contribution in [0, 0.1) is 0 Å². The fraction of sp³-hybridized carbons (Fsp3) is 0.467. The molecule has 2 aromatic heterocycles. The number of rotatable bonds is 8. The van der Waals surface area contributed by atoms with Crippen molar-refractivity contribution in [3.63, 3.8) is 0 Å². The molecule has 2 heterocycles. The molecular weight excluding hydrogens is 302 g/mol. The van der Waals surface area contributed by atoms with Gasteiger partial charge in [-0.2, -0.15) is 0 Å². The van der Waals surface area contributed by atoms with E-state index in [0.29, 0.717) is 24.4 Å². The molecule has 1 atom stereocenters. The van der Waals surface area contributed by atoms with Crippen LogP contribution in [-0.4, -0.2) is 41.1 Å². The lowest BCUT2D eigenvalue weighted by Crippen LogP contribution is -2.25. The molecule has 2 N–H and O–H groups in total. The number of hydrogen-bond donors (Lipinski definition) is 2. The minimum absolute atomic E-state index is 0.146. The van der Waals surface area contributed by atoms with Gasteiger partial charge in [0.05, 0.1) is 7.11 Å². The zero-order valence-corrected chi connectivity index (χ0v) is 13.6. The van der Waals surface area contributed by atoms with Gasteiger partial charge in [-0.15, -0.1) is 16.4 Å². The summed E-state index contributed by atoms with van der Waals surface area (Å²) in [7, 11) is 3.24. The molecule has 0 saturated heterocycles. The molecule has 0 saturated carbocycles. The molecule has 0 radical (unpaired) electrons. The third kappa shape index (κ3) is 4.08. The van der Waals surface area contributed by atoms with Crippen molar-refractivity contribution in [1.29, 1.82) is 0 Å². The van der Waals surface area contributed by atoms with Gasteiger partial charge in [0.15, 0.2) is 0 Å². The van der Waals surface area contributed by atoms with Crippen LogP contribution in [0.15, 0.2) is 23.7 Å². The van der Waals surface area contributed by atoms with E-state index < -0.39 is 0 Å². The maximum Gasteiger partial charge on any atom is 0.258 e. The highest BCUT2D eigenvalue weighted by atomic mass is 32.1. The summed E-state index contributed by atoms with van der Waals surface area (Å²) in [6.07, 6.45) is 3.13. The first kappa shape index (κ1) is 16.5. The monoisotopic (exact) mass is 323 g/mol. The molecule has 22 heavy (non-hydrogen) atoms. The van der Waals surface area contributed by atoms with Crippen molar-refractivity contribution in [3.8, 4) is 5.88 Å². The van der Waals surface area contributed by atoms with E-state index in [1.54, 1.807) is 29.3 Å². The molecule has 2 aromatic rings. The maximum atomic E-state index is 12.2. The predicted octanol–water partition coefficient (Wildman–Crippen LogP) is 1.78. The molecule has 0 aromatic carbocycles. The first-order chi connectivity index (χ1) is 10.7. The summed E-state index contributed by atoms with van der Waals surface area (Å²) in [6.45, 7) is 0.687. The Morgan fingerprint density at radius 3 is 3.00 bits per heavy atom. The van der Waals surface area contributed by atoms with E-state index in [2.05, 4.69) is 16.5 Å². The lowest BCUT2D eigenvalue weighted by atomic mass is 10.00. The topological polar surface area (TPSA) is 76.4 Å². The third-order valence-electron chi connectivity index (χ3n) is 3.43. The van der Waals surface area contributed by atoms with Gasteiger partial charge < -0.3 is 15.2 Å². The third-order valence-corrected chi connectivity index (χ3v) is 4.47. The number of aliphatic hydroxyl groups is 1. The van der Waals surface area contributed by atoms with Gasteiger partial charge in [-0.1, -0.05) is 6.07 Å². The summed E-state index contributed by atoms with van der Waals surface area (Å²) in [4.78, 5) is 13.4. The molecule has 6 nitrogen and oxygen atoms in total. The number of nitrogens with zero attached hydrogens (tertiary/aromatic N) is 2. The lowest BCUT2D eigenvalue weighted by molar-refractivity contribution is 0.0949. The average Bonchev–Trinajstić information content (AvgIpc) is 3.15. The van der Waals surface area contributed by atoms with Crippen molar-refractivity contribution in [3.05, 3.63) is 34.2 Å². The second-order valence-electron chi connectivity index (χ2n) is 4.99. The van der Waals surface area contributed by atoms with Crippen molar-refractivity contribution in [2.75, 3.05) is 20.3 Å². The summed E-state index contributed by atoms with van der Waals surface area (Å²) in [6, 6.07) is 4.07. The molecule has 2 rings (SSSR count). The Morgan fingerprint density at radius 1 is 1.55 bits per heavy atom. The Hall–Kier alpha value is -1.86. The molecule has 7 heteroatoms. The second kappa shape index (κ2) is 7.95. The average molecular weight is 323 g/mol. The number of aliphatic hydroxyl groups excluding tert-OH is 1. The van der Waals surface area contributed by atoms with Crippen molar-refractivity contribution in [1.82, 2.24) is 15.1 Å². The van der Waals surface area contributed by atoms with Crippen molar-refractivity contribution >= 4 is 17.2 Å². The van der Waals surface area contributed by atoms with Gasteiger partial charge in [-0.05, 0) is 30.2 Å². The van der Waals surface area contributed by atoms with Crippen LogP contribution < -0.4 is 10.1 Å².